The number of hydrogen-bond donors (Lipinski definition) is 3. The Morgan fingerprint density at radius 3 is 2.27 bits per heavy atom. The van der Waals surface area contributed by atoms with Gasteiger partial charge in [-0.1, -0.05) is 0 Å². The Hall–Kier alpha value is -2.54. The fraction of sp³-hybridized carbons (Fsp3) is 0.0667. The van der Waals surface area contributed by atoms with E-state index in [2.05, 4.69) is 10.9 Å². The number of thioether (sulfide) groups is 1. The van der Waals surface area contributed by atoms with Gasteiger partial charge in [0.15, 0.2) is 0 Å². The Kier molecular flexibility index (Phi) is 5.37. The van der Waals surface area contributed by atoms with E-state index in [1.54, 1.807) is 12.1 Å². The van der Waals surface area contributed by atoms with Crippen molar-refractivity contribution in [2.75, 3.05) is 5.75 Å². The number of hydrogen-bond acceptors (Lipinski definition) is 4. The van der Waals surface area contributed by atoms with Crippen LogP contribution in [0.25, 0.3) is 0 Å². The predicted octanol–water partition coefficient (Wildman–Crippen LogP) is 2.08. The minimum atomic E-state index is -0.525. The molecule has 0 aromatic heterocycles. The van der Waals surface area contributed by atoms with Crippen molar-refractivity contribution in [2.45, 2.75) is 4.90 Å². The molecule has 22 heavy (non-hydrogen) atoms. The lowest BCUT2D eigenvalue weighted by molar-refractivity contribution is -0.119. The van der Waals surface area contributed by atoms with Crippen molar-refractivity contribution in [1.82, 2.24) is 10.9 Å². The van der Waals surface area contributed by atoms with Gasteiger partial charge in [0, 0.05) is 10.5 Å². The van der Waals surface area contributed by atoms with Crippen molar-refractivity contribution in [2.24, 2.45) is 0 Å². The molecule has 0 aliphatic heterocycles. The molecule has 2 rings (SSSR count). The number of nitrogens with one attached hydrogen (secondary N) is 2. The Morgan fingerprint density at radius 1 is 1.00 bits per heavy atom. The second-order valence-electron chi connectivity index (χ2n) is 4.29. The summed E-state index contributed by atoms with van der Waals surface area (Å²) in [5.41, 5.74) is 4.77. The van der Waals surface area contributed by atoms with Gasteiger partial charge in [-0.25, -0.2) is 4.39 Å². The zero-order valence-electron chi connectivity index (χ0n) is 11.4. The van der Waals surface area contributed by atoms with Crippen LogP contribution in [0.5, 0.6) is 5.75 Å². The lowest BCUT2D eigenvalue weighted by Crippen LogP contribution is -2.42. The number of phenols is 1. The third kappa shape index (κ3) is 4.78. The maximum absolute atomic E-state index is 12.7. The van der Waals surface area contributed by atoms with Gasteiger partial charge in [-0.15, -0.1) is 11.8 Å². The maximum atomic E-state index is 12.7. The molecule has 2 aromatic carbocycles. The highest BCUT2D eigenvalue weighted by Crippen LogP contribution is 2.20. The second kappa shape index (κ2) is 7.46. The molecule has 2 amide bonds. The van der Waals surface area contributed by atoms with E-state index in [4.69, 9.17) is 5.11 Å². The lowest BCUT2D eigenvalue weighted by atomic mass is 10.2. The van der Waals surface area contributed by atoms with Crippen LogP contribution in [0.1, 0.15) is 10.4 Å². The van der Waals surface area contributed by atoms with Crippen LogP contribution in [0.15, 0.2) is 53.4 Å². The quantitative estimate of drug-likeness (QED) is 0.595. The van der Waals surface area contributed by atoms with Gasteiger partial charge >= 0.3 is 0 Å². The highest BCUT2D eigenvalue weighted by atomic mass is 32.2. The van der Waals surface area contributed by atoms with Gasteiger partial charge in [0.1, 0.15) is 11.6 Å². The number of hydrazine groups is 1. The Morgan fingerprint density at radius 2 is 1.64 bits per heavy atom. The largest absolute Gasteiger partial charge is 0.508 e. The average Bonchev–Trinajstić information content (AvgIpc) is 2.52. The monoisotopic (exact) mass is 320 g/mol. The van der Waals surface area contributed by atoms with Crippen molar-refractivity contribution in [3.8, 4) is 5.75 Å². The third-order valence-corrected chi connectivity index (χ3v) is 3.64. The number of phenolic OH excluding ortho intramolecular Hbond substituents is 1. The standard InChI is InChI=1S/C15H13FN2O3S/c16-11-3-1-10(2-4-11)15(21)18-17-14(20)9-22-13-7-5-12(19)6-8-13/h1-8,19H,9H2,(H,17,20)(H,18,21). The Labute approximate surface area is 130 Å². The molecule has 114 valence electrons. The minimum absolute atomic E-state index is 0.106. The summed E-state index contributed by atoms with van der Waals surface area (Å²) in [5.74, 6) is -1.09. The van der Waals surface area contributed by atoms with Crippen LogP contribution in [0.4, 0.5) is 4.39 Å². The summed E-state index contributed by atoms with van der Waals surface area (Å²) in [6.45, 7) is 0. The molecule has 2 aromatic rings. The van der Waals surface area contributed by atoms with Gasteiger partial charge in [0.2, 0.25) is 5.91 Å². The fourth-order valence-corrected chi connectivity index (χ4v) is 2.23. The Balaban J connectivity index is 1.76. The summed E-state index contributed by atoms with van der Waals surface area (Å²) in [4.78, 5) is 24.1. The first kappa shape index (κ1) is 15.8. The SMILES string of the molecule is O=C(CSc1ccc(O)cc1)NNC(=O)c1ccc(F)cc1. The van der Waals surface area contributed by atoms with Crippen LogP contribution in [-0.2, 0) is 4.79 Å². The van der Waals surface area contributed by atoms with E-state index >= 15 is 0 Å². The highest BCUT2D eigenvalue weighted by Gasteiger charge is 2.08. The molecule has 7 heteroatoms. The topological polar surface area (TPSA) is 78.4 Å². The first-order chi connectivity index (χ1) is 10.5. The van der Waals surface area contributed by atoms with Gasteiger partial charge in [0.25, 0.3) is 5.91 Å². The molecule has 0 unspecified atom stereocenters. The van der Waals surface area contributed by atoms with Gasteiger partial charge in [0.05, 0.1) is 5.75 Å². The predicted molar refractivity (Wildman–Crippen MR) is 80.8 cm³/mol. The van der Waals surface area contributed by atoms with Crippen LogP contribution in [0.3, 0.4) is 0 Å². The zero-order chi connectivity index (χ0) is 15.9. The number of rotatable bonds is 4. The molecule has 0 saturated carbocycles. The number of carbonyl (C=O) groups is 2. The summed E-state index contributed by atoms with van der Waals surface area (Å²) < 4.78 is 12.7. The molecule has 0 heterocycles. The van der Waals surface area contributed by atoms with Crippen LogP contribution in [0.2, 0.25) is 0 Å². The maximum Gasteiger partial charge on any atom is 0.269 e. The van der Waals surface area contributed by atoms with E-state index in [9.17, 15) is 14.0 Å². The zero-order valence-corrected chi connectivity index (χ0v) is 12.2. The smallest absolute Gasteiger partial charge is 0.269 e. The number of aromatic hydroxyl groups is 1. The van der Waals surface area contributed by atoms with Crippen LogP contribution in [-0.4, -0.2) is 22.7 Å². The van der Waals surface area contributed by atoms with Crippen molar-refractivity contribution >= 4 is 23.6 Å². The molecular formula is C15H13FN2O3S. The molecule has 0 radical (unpaired) electrons. The summed E-state index contributed by atoms with van der Waals surface area (Å²) in [7, 11) is 0. The molecule has 0 saturated heterocycles. The van der Waals surface area contributed by atoms with E-state index in [0.29, 0.717) is 0 Å². The minimum Gasteiger partial charge on any atom is -0.508 e. The van der Waals surface area contributed by atoms with Gasteiger partial charge in [-0.3, -0.25) is 20.4 Å². The number of amides is 2. The fourth-order valence-electron chi connectivity index (χ4n) is 1.53. The van der Waals surface area contributed by atoms with E-state index < -0.39 is 11.7 Å². The second-order valence-corrected chi connectivity index (χ2v) is 5.34. The number of carbonyl (C=O) groups excluding carboxylic acids is 2. The van der Waals surface area contributed by atoms with Crippen molar-refractivity contribution in [3.63, 3.8) is 0 Å². The molecule has 0 spiro atoms. The summed E-state index contributed by atoms with van der Waals surface area (Å²) in [6.07, 6.45) is 0. The van der Waals surface area contributed by atoms with Crippen LogP contribution >= 0.6 is 11.8 Å². The molecule has 0 aliphatic carbocycles. The first-order valence-electron chi connectivity index (χ1n) is 6.31. The molecular weight excluding hydrogens is 307 g/mol. The van der Waals surface area contributed by atoms with Gasteiger partial charge < -0.3 is 5.11 Å². The molecule has 3 N–H and O–H groups in total. The van der Waals surface area contributed by atoms with Crippen LogP contribution < -0.4 is 10.9 Å². The molecule has 5 nitrogen and oxygen atoms in total. The van der Waals surface area contributed by atoms with Crippen LogP contribution in [0, 0.1) is 5.82 Å². The van der Waals surface area contributed by atoms with Gasteiger partial charge in [-0.05, 0) is 48.5 Å². The van der Waals surface area contributed by atoms with Gasteiger partial charge in [-0.2, -0.15) is 0 Å². The van der Waals surface area contributed by atoms with Crippen molar-refractivity contribution < 1.29 is 19.1 Å². The van der Waals surface area contributed by atoms with E-state index in [0.717, 1.165) is 17.0 Å². The summed E-state index contributed by atoms with van der Waals surface area (Å²) in [5, 5.41) is 9.15. The summed E-state index contributed by atoms with van der Waals surface area (Å²) >= 11 is 1.26. The molecule has 0 fully saturated rings. The van der Waals surface area contributed by atoms with E-state index in [-0.39, 0.29) is 23.0 Å². The third-order valence-electron chi connectivity index (χ3n) is 2.63. The number of benzene rings is 2. The van der Waals surface area contributed by atoms with Crippen molar-refractivity contribution in [1.29, 1.82) is 0 Å². The molecule has 0 bridgehead atoms. The highest BCUT2D eigenvalue weighted by molar-refractivity contribution is 8.00. The molecule has 0 atom stereocenters. The Bertz CT molecular complexity index is 659. The molecule has 0 aliphatic rings. The normalized spacial score (nSPS) is 10.0. The van der Waals surface area contributed by atoms with E-state index in [1.165, 1.54) is 36.0 Å². The summed E-state index contributed by atoms with van der Waals surface area (Å²) in [6, 6.07) is 11.4. The lowest BCUT2D eigenvalue weighted by Gasteiger charge is -2.07. The van der Waals surface area contributed by atoms with E-state index in [1.807, 2.05) is 0 Å². The van der Waals surface area contributed by atoms with Crippen molar-refractivity contribution in [3.05, 3.63) is 59.9 Å². The first-order valence-corrected chi connectivity index (χ1v) is 7.30. The average molecular weight is 320 g/mol. The number of halogens is 1.